The third kappa shape index (κ3) is 2.89. The van der Waals surface area contributed by atoms with Crippen LogP contribution in [0.1, 0.15) is 18.8 Å². The Balaban J connectivity index is 2.26. The van der Waals surface area contributed by atoms with Gasteiger partial charge in [0.1, 0.15) is 17.9 Å². The molecule has 0 aliphatic heterocycles. The van der Waals surface area contributed by atoms with Gasteiger partial charge in [-0.3, -0.25) is 5.10 Å². The van der Waals surface area contributed by atoms with Crippen molar-refractivity contribution in [1.29, 1.82) is 0 Å². The summed E-state index contributed by atoms with van der Waals surface area (Å²) in [6.45, 7) is 1.66. The van der Waals surface area contributed by atoms with Gasteiger partial charge in [-0.05, 0) is 19.1 Å². The number of nitrogens with one attached hydrogen (secondary N) is 2. The Hall–Kier alpha value is -2.13. The molecule has 0 fully saturated rings. The molecule has 1 atom stereocenters. The van der Waals surface area contributed by atoms with Crippen LogP contribution < -0.4 is 15.2 Å². The van der Waals surface area contributed by atoms with Crippen LogP contribution in [0.25, 0.3) is 0 Å². The molecule has 9 heteroatoms. The highest BCUT2D eigenvalue weighted by molar-refractivity contribution is 7.89. The number of H-pyrrole nitrogens is 1. The molecule has 2 aromatic rings. The minimum absolute atomic E-state index is 0.0647. The molecule has 2 rings (SSSR count). The van der Waals surface area contributed by atoms with E-state index in [0.29, 0.717) is 17.3 Å². The smallest absolute Gasteiger partial charge is 0.241 e. The van der Waals surface area contributed by atoms with Gasteiger partial charge >= 0.3 is 0 Å². The fourth-order valence-corrected chi connectivity index (χ4v) is 2.86. The van der Waals surface area contributed by atoms with Crippen molar-refractivity contribution in [2.45, 2.75) is 17.9 Å². The summed E-state index contributed by atoms with van der Waals surface area (Å²) in [6, 6.07) is 3.72. The molecule has 20 heavy (non-hydrogen) atoms. The zero-order valence-electron chi connectivity index (χ0n) is 11.0. The van der Waals surface area contributed by atoms with Crippen LogP contribution in [0.4, 0.5) is 5.69 Å². The molecule has 0 aliphatic carbocycles. The van der Waals surface area contributed by atoms with E-state index in [4.69, 9.17) is 10.5 Å². The maximum absolute atomic E-state index is 12.2. The highest BCUT2D eigenvalue weighted by Crippen LogP contribution is 2.25. The van der Waals surface area contributed by atoms with Gasteiger partial charge in [-0.1, -0.05) is 0 Å². The van der Waals surface area contributed by atoms with Crippen molar-refractivity contribution in [3.63, 3.8) is 0 Å². The lowest BCUT2D eigenvalue weighted by atomic mass is 10.3. The number of nitrogen functional groups attached to an aromatic ring is 1. The molecule has 0 aliphatic rings. The number of rotatable bonds is 5. The Kier molecular flexibility index (Phi) is 3.91. The summed E-state index contributed by atoms with van der Waals surface area (Å²) >= 11 is 0. The van der Waals surface area contributed by atoms with Gasteiger partial charge in [-0.2, -0.15) is 5.10 Å². The second-order valence-corrected chi connectivity index (χ2v) is 5.83. The van der Waals surface area contributed by atoms with E-state index in [2.05, 4.69) is 19.9 Å². The van der Waals surface area contributed by atoms with Crippen molar-refractivity contribution in [3.8, 4) is 5.75 Å². The topological polar surface area (TPSA) is 123 Å². The van der Waals surface area contributed by atoms with Crippen LogP contribution in [-0.2, 0) is 10.0 Å². The first-order valence-corrected chi connectivity index (χ1v) is 7.23. The summed E-state index contributed by atoms with van der Waals surface area (Å²) in [4.78, 5) is 3.97. The molecular weight excluding hydrogens is 282 g/mol. The first-order valence-electron chi connectivity index (χ1n) is 5.75. The second kappa shape index (κ2) is 5.47. The monoisotopic (exact) mass is 297 g/mol. The average molecular weight is 297 g/mol. The van der Waals surface area contributed by atoms with E-state index in [1.54, 1.807) is 6.92 Å². The van der Waals surface area contributed by atoms with Crippen LogP contribution in [0.15, 0.2) is 29.4 Å². The van der Waals surface area contributed by atoms with Gasteiger partial charge in [0.05, 0.1) is 23.7 Å². The minimum atomic E-state index is -3.71. The van der Waals surface area contributed by atoms with Crippen molar-refractivity contribution < 1.29 is 13.2 Å². The Morgan fingerprint density at radius 3 is 2.80 bits per heavy atom. The van der Waals surface area contributed by atoms with Crippen LogP contribution in [0, 0.1) is 0 Å². The Labute approximate surface area is 116 Å². The van der Waals surface area contributed by atoms with Gasteiger partial charge in [-0.15, -0.1) is 0 Å². The predicted octanol–water partition coefficient (Wildman–Crippen LogP) is 0.435. The number of sulfonamides is 1. The van der Waals surface area contributed by atoms with E-state index in [9.17, 15) is 8.42 Å². The summed E-state index contributed by atoms with van der Waals surface area (Å²) in [5, 5.41) is 6.29. The number of benzene rings is 1. The molecular formula is C11H15N5O3S. The maximum atomic E-state index is 12.2. The molecule has 0 spiro atoms. The van der Waals surface area contributed by atoms with Gasteiger partial charge in [0.15, 0.2) is 0 Å². The molecule has 0 saturated heterocycles. The van der Waals surface area contributed by atoms with Gasteiger partial charge < -0.3 is 10.5 Å². The zero-order chi connectivity index (χ0) is 14.8. The number of aromatic amines is 1. The molecule has 108 valence electrons. The van der Waals surface area contributed by atoms with Gasteiger partial charge in [-0.25, -0.2) is 18.1 Å². The zero-order valence-corrected chi connectivity index (χ0v) is 11.8. The molecule has 0 radical (unpaired) electrons. The summed E-state index contributed by atoms with van der Waals surface area (Å²) in [7, 11) is -2.28. The van der Waals surface area contributed by atoms with Crippen LogP contribution in [0.2, 0.25) is 0 Å². The first kappa shape index (κ1) is 14.3. The molecule has 1 unspecified atom stereocenters. The van der Waals surface area contributed by atoms with Crippen LogP contribution in [0.3, 0.4) is 0 Å². The number of nitrogens with zero attached hydrogens (tertiary/aromatic N) is 2. The fourth-order valence-electron chi connectivity index (χ4n) is 1.64. The molecule has 0 saturated carbocycles. The molecule has 8 nitrogen and oxygen atoms in total. The van der Waals surface area contributed by atoms with Gasteiger partial charge in [0.25, 0.3) is 0 Å². The average Bonchev–Trinajstić information content (AvgIpc) is 2.92. The SMILES string of the molecule is COc1cc(S(=O)(=O)NC(C)c2ncn[nH]2)ccc1N. The van der Waals surface area contributed by atoms with Gasteiger partial charge in [0, 0.05) is 6.07 Å². The number of hydrogen-bond donors (Lipinski definition) is 3. The van der Waals surface area contributed by atoms with Crippen molar-refractivity contribution in [3.05, 3.63) is 30.4 Å². The number of aromatic nitrogens is 3. The van der Waals surface area contributed by atoms with E-state index in [1.165, 1.54) is 31.6 Å². The summed E-state index contributed by atoms with van der Waals surface area (Å²) in [5.74, 6) is 0.733. The lowest BCUT2D eigenvalue weighted by Crippen LogP contribution is -2.27. The third-order valence-corrected chi connectivity index (χ3v) is 4.23. The largest absolute Gasteiger partial charge is 0.495 e. The van der Waals surface area contributed by atoms with Gasteiger partial charge in [0.2, 0.25) is 10.0 Å². The molecule has 1 aromatic carbocycles. The molecule has 0 bridgehead atoms. The van der Waals surface area contributed by atoms with Crippen LogP contribution >= 0.6 is 0 Å². The Morgan fingerprint density at radius 2 is 2.20 bits per heavy atom. The second-order valence-electron chi connectivity index (χ2n) is 4.12. The third-order valence-electron chi connectivity index (χ3n) is 2.69. The number of anilines is 1. The Morgan fingerprint density at radius 1 is 1.45 bits per heavy atom. The molecule has 0 amide bonds. The number of nitrogens with two attached hydrogens (primary N) is 1. The van der Waals surface area contributed by atoms with Crippen molar-refractivity contribution in [2.75, 3.05) is 12.8 Å². The van der Waals surface area contributed by atoms with Crippen LogP contribution in [0.5, 0.6) is 5.75 Å². The molecule has 1 aromatic heterocycles. The quantitative estimate of drug-likeness (QED) is 0.688. The molecule has 1 heterocycles. The van der Waals surface area contributed by atoms with Crippen LogP contribution in [-0.4, -0.2) is 30.7 Å². The van der Waals surface area contributed by atoms with E-state index in [0.717, 1.165) is 0 Å². The first-order chi connectivity index (χ1) is 9.44. The lowest BCUT2D eigenvalue weighted by molar-refractivity contribution is 0.415. The molecule has 4 N–H and O–H groups in total. The predicted molar refractivity (Wildman–Crippen MR) is 72.5 cm³/mol. The summed E-state index contributed by atoms with van der Waals surface area (Å²) in [5.41, 5.74) is 6.03. The number of hydrogen-bond acceptors (Lipinski definition) is 6. The Bertz CT molecular complexity index is 684. The highest BCUT2D eigenvalue weighted by atomic mass is 32.2. The highest BCUT2D eigenvalue weighted by Gasteiger charge is 2.21. The summed E-state index contributed by atoms with van der Waals surface area (Å²) < 4.78 is 32.0. The minimum Gasteiger partial charge on any atom is -0.495 e. The van der Waals surface area contributed by atoms with Crippen molar-refractivity contribution >= 4 is 15.7 Å². The van der Waals surface area contributed by atoms with Crippen molar-refractivity contribution in [1.82, 2.24) is 19.9 Å². The van der Waals surface area contributed by atoms with E-state index in [-0.39, 0.29) is 4.90 Å². The number of methoxy groups -OCH3 is 1. The lowest BCUT2D eigenvalue weighted by Gasteiger charge is -2.13. The standard InChI is InChI=1S/C11H15N5O3S/c1-7(11-13-6-14-15-11)16-20(17,18)8-3-4-9(12)10(5-8)19-2/h3-7,16H,12H2,1-2H3,(H,13,14,15). The van der Waals surface area contributed by atoms with E-state index >= 15 is 0 Å². The number of ether oxygens (including phenoxy) is 1. The van der Waals surface area contributed by atoms with E-state index < -0.39 is 16.1 Å². The fraction of sp³-hybridized carbons (Fsp3) is 0.273. The normalized spacial score (nSPS) is 13.1. The maximum Gasteiger partial charge on any atom is 0.241 e. The van der Waals surface area contributed by atoms with Crippen molar-refractivity contribution in [2.24, 2.45) is 0 Å². The summed E-state index contributed by atoms with van der Waals surface area (Å²) in [6.07, 6.45) is 1.31. The van der Waals surface area contributed by atoms with E-state index in [1.807, 2.05) is 0 Å².